The van der Waals surface area contributed by atoms with E-state index in [1.165, 1.54) is 55.0 Å². The van der Waals surface area contributed by atoms with E-state index in [1.807, 2.05) is 0 Å². The Morgan fingerprint density at radius 1 is 0.850 bits per heavy atom. The van der Waals surface area contributed by atoms with Crippen molar-refractivity contribution in [2.45, 2.75) is 92.2 Å². The molecule has 0 aromatic carbocycles. The van der Waals surface area contributed by atoms with Gasteiger partial charge in [-0.25, -0.2) is 0 Å². The molecule has 3 heteroatoms. The van der Waals surface area contributed by atoms with Gasteiger partial charge in [-0.2, -0.15) is 0 Å². The average molecular weight is 403 g/mol. The molecule has 0 aliphatic rings. The van der Waals surface area contributed by atoms with Gasteiger partial charge in [-0.3, -0.25) is 0 Å². The summed E-state index contributed by atoms with van der Waals surface area (Å²) in [6, 6.07) is 0. The zero-order chi connectivity index (χ0) is 15.6. The van der Waals surface area contributed by atoms with Crippen LogP contribution in [0.15, 0.2) is 3.21 Å². The topological polar surface area (TPSA) is 17.1 Å². The fourth-order valence-corrected chi connectivity index (χ4v) is 35.1. The summed E-state index contributed by atoms with van der Waals surface area (Å²) in [5.41, 5.74) is 0. The Hall–Kier alpha value is 0.466. The molecule has 0 saturated heterocycles. The molecule has 118 valence electrons. The maximum absolute atomic E-state index is 11.8. The van der Waals surface area contributed by atoms with Gasteiger partial charge in [-0.1, -0.05) is 0 Å². The molecule has 0 aromatic heterocycles. The molecule has 0 heterocycles. The molecule has 0 amide bonds. The van der Waals surface area contributed by atoms with Gasteiger partial charge in [0.05, 0.1) is 0 Å². The summed E-state index contributed by atoms with van der Waals surface area (Å²) >= 11 is -2.45. The fraction of sp³-hybridized carbons (Fsp3) is 0.882. The van der Waals surface area contributed by atoms with E-state index in [0.29, 0.717) is 0 Å². The number of carbonyl (C=O) groups excluding carboxylic acids is 1. The van der Waals surface area contributed by atoms with Crippen LogP contribution in [0.25, 0.3) is 0 Å². The van der Waals surface area contributed by atoms with Crippen molar-refractivity contribution in [3.05, 3.63) is 3.21 Å². The van der Waals surface area contributed by atoms with Gasteiger partial charge < -0.3 is 0 Å². The first-order chi connectivity index (χ1) is 9.37. The fourth-order valence-electron chi connectivity index (χ4n) is 3.35. The van der Waals surface area contributed by atoms with E-state index in [1.54, 1.807) is 0 Å². The summed E-state index contributed by atoms with van der Waals surface area (Å²) in [5.74, 6) is 2.53. The minimum atomic E-state index is -2.45. The monoisotopic (exact) mass is 404 g/mol. The van der Waals surface area contributed by atoms with Crippen LogP contribution >= 0.6 is 0 Å². The predicted octanol–water partition coefficient (Wildman–Crippen LogP) is 6.01. The second kappa shape index (κ2) is 10.2. The summed E-state index contributed by atoms with van der Waals surface area (Å²) < 4.78 is 5.60. The molecule has 0 aromatic rings. The maximum atomic E-state index is 11.8. The van der Waals surface area contributed by atoms with E-state index < -0.39 is 26.5 Å². The molecule has 0 rings (SSSR count). The van der Waals surface area contributed by atoms with E-state index in [4.69, 9.17) is 0 Å². The Bertz CT molecular complexity index is 292. The Labute approximate surface area is 132 Å². The van der Waals surface area contributed by atoms with Gasteiger partial charge in [-0.15, -0.1) is 0 Å². The van der Waals surface area contributed by atoms with Crippen molar-refractivity contribution in [1.29, 1.82) is 0 Å². The molecule has 0 aliphatic heterocycles. The SMILES string of the molecule is CCC[CH2][Sn]([CH2]CCC)([CH2]CCC)[C](=C=O)[Si](C)(C)C. The van der Waals surface area contributed by atoms with Crippen LogP contribution in [0.3, 0.4) is 0 Å². The summed E-state index contributed by atoms with van der Waals surface area (Å²) in [6.07, 6.45) is 7.82. The molecule has 1 nitrogen and oxygen atoms in total. The Kier molecular flexibility index (Phi) is 10.5. The standard InChI is InChI=1S/C5H9OSi.3C4H9.Sn/c1-7(2,3)5-4-6;3*1-3-4-2;/h1-3H3;3*1,3-4H2,2H3;. The molecule has 0 fully saturated rings. The van der Waals surface area contributed by atoms with E-state index >= 15 is 0 Å². The quantitative estimate of drug-likeness (QED) is 0.305. The minimum absolute atomic E-state index is 1.27. The Morgan fingerprint density at radius 2 is 1.20 bits per heavy atom. The van der Waals surface area contributed by atoms with Gasteiger partial charge in [-0.05, 0) is 0 Å². The van der Waals surface area contributed by atoms with Crippen molar-refractivity contribution in [2.24, 2.45) is 0 Å². The summed E-state index contributed by atoms with van der Waals surface area (Å²) in [7, 11) is -1.49. The van der Waals surface area contributed by atoms with Gasteiger partial charge in [0.2, 0.25) is 0 Å². The number of unbranched alkanes of at least 4 members (excludes halogenated alkanes) is 3. The van der Waals surface area contributed by atoms with Crippen LogP contribution in [0.2, 0.25) is 33.0 Å². The van der Waals surface area contributed by atoms with Crippen molar-refractivity contribution in [3.63, 3.8) is 0 Å². The predicted molar refractivity (Wildman–Crippen MR) is 97.5 cm³/mol. The van der Waals surface area contributed by atoms with E-state index in [9.17, 15) is 4.79 Å². The zero-order valence-electron chi connectivity index (χ0n) is 14.8. The average Bonchev–Trinajstić information content (AvgIpc) is 2.39. The summed E-state index contributed by atoms with van der Waals surface area (Å²) in [5, 5.41) is 0. The van der Waals surface area contributed by atoms with Crippen LogP contribution < -0.4 is 0 Å². The molecular weight excluding hydrogens is 367 g/mol. The number of hydrogen-bond donors (Lipinski definition) is 0. The summed E-state index contributed by atoms with van der Waals surface area (Å²) in [6.45, 7) is 14.0. The molecule has 0 saturated carbocycles. The van der Waals surface area contributed by atoms with Crippen molar-refractivity contribution in [1.82, 2.24) is 0 Å². The van der Waals surface area contributed by atoms with Crippen LogP contribution in [0.4, 0.5) is 0 Å². The van der Waals surface area contributed by atoms with E-state index in [0.717, 1.165) is 0 Å². The van der Waals surface area contributed by atoms with Gasteiger partial charge in [0.25, 0.3) is 0 Å². The molecule has 0 unspecified atom stereocenters. The van der Waals surface area contributed by atoms with Gasteiger partial charge >= 0.3 is 133 Å². The molecule has 0 bridgehead atoms. The Balaban J connectivity index is 5.48. The third-order valence-electron chi connectivity index (χ3n) is 4.41. The molecule has 0 aliphatic carbocycles. The molecule has 0 radical (unpaired) electrons. The summed E-state index contributed by atoms with van der Waals surface area (Å²) in [4.78, 5) is 11.8. The van der Waals surface area contributed by atoms with Gasteiger partial charge in [0.15, 0.2) is 0 Å². The van der Waals surface area contributed by atoms with Crippen molar-refractivity contribution in [2.75, 3.05) is 0 Å². The first kappa shape index (κ1) is 20.5. The molecule has 20 heavy (non-hydrogen) atoms. The first-order valence-corrected chi connectivity index (χ1v) is 19.6. The molecule has 0 atom stereocenters. The number of hydrogen-bond acceptors (Lipinski definition) is 1. The van der Waals surface area contributed by atoms with Crippen LogP contribution in [-0.4, -0.2) is 32.4 Å². The second-order valence-corrected chi connectivity index (χ2v) is 26.8. The number of rotatable bonds is 11. The van der Waals surface area contributed by atoms with Crippen molar-refractivity contribution < 1.29 is 4.79 Å². The molecular formula is C17H36OSiSn. The zero-order valence-corrected chi connectivity index (χ0v) is 18.6. The van der Waals surface area contributed by atoms with Crippen LogP contribution in [0.5, 0.6) is 0 Å². The van der Waals surface area contributed by atoms with Crippen LogP contribution in [0.1, 0.15) is 59.3 Å². The van der Waals surface area contributed by atoms with Crippen LogP contribution in [0, 0.1) is 0 Å². The van der Waals surface area contributed by atoms with Gasteiger partial charge in [0, 0.05) is 0 Å². The molecule has 0 N–H and O–H groups in total. The van der Waals surface area contributed by atoms with Crippen molar-refractivity contribution in [3.8, 4) is 0 Å². The first-order valence-electron chi connectivity index (χ1n) is 8.64. The second-order valence-electron chi connectivity index (χ2n) is 7.32. The normalized spacial score (nSPS) is 12.3. The van der Waals surface area contributed by atoms with Gasteiger partial charge in [0.1, 0.15) is 0 Å². The van der Waals surface area contributed by atoms with E-state index in [2.05, 4.69) is 46.4 Å². The van der Waals surface area contributed by atoms with E-state index in [-0.39, 0.29) is 0 Å². The Morgan fingerprint density at radius 3 is 1.40 bits per heavy atom. The third kappa shape index (κ3) is 6.49. The molecule has 0 spiro atoms. The van der Waals surface area contributed by atoms with Crippen LogP contribution in [-0.2, 0) is 4.79 Å². The third-order valence-corrected chi connectivity index (χ3v) is 30.5. The van der Waals surface area contributed by atoms with Crippen molar-refractivity contribution >= 4 is 32.4 Å².